The summed E-state index contributed by atoms with van der Waals surface area (Å²) in [6.07, 6.45) is 6.79. The number of nitrogens with zero attached hydrogens (tertiary/aromatic N) is 5. The molecule has 3 heterocycles. The minimum Gasteiger partial charge on any atom is -0.348 e. The van der Waals surface area contributed by atoms with Gasteiger partial charge in [0, 0.05) is 62.0 Å². The summed E-state index contributed by atoms with van der Waals surface area (Å²) in [4.78, 5) is 52.6. The number of pyridine rings is 1. The summed E-state index contributed by atoms with van der Waals surface area (Å²) in [6.45, 7) is 4.37. The predicted molar refractivity (Wildman–Crippen MR) is 180 cm³/mol. The number of hydrogen-bond donors (Lipinski definition) is 2. The highest BCUT2D eigenvalue weighted by Gasteiger charge is 2.26. The van der Waals surface area contributed by atoms with Crippen molar-refractivity contribution in [2.75, 3.05) is 37.3 Å². The third-order valence-corrected chi connectivity index (χ3v) is 10.0. The number of sulfone groups is 1. The van der Waals surface area contributed by atoms with Crippen LogP contribution in [0, 0.1) is 6.92 Å². The summed E-state index contributed by atoms with van der Waals surface area (Å²) in [5, 5.41) is 6.78. The molecule has 2 aromatic carbocycles. The average molecular weight is 658 g/mol. The molecule has 0 radical (unpaired) electrons. The van der Waals surface area contributed by atoms with Crippen molar-refractivity contribution in [2.45, 2.75) is 56.5 Å². The Kier molecular flexibility index (Phi) is 9.26. The fourth-order valence-corrected chi connectivity index (χ4v) is 6.80. The van der Waals surface area contributed by atoms with Crippen LogP contribution in [0.4, 0.5) is 10.7 Å². The van der Waals surface area contributed by atoms with Crippen molar-refractivity contribution < 1.29 is 18.0 Å². The molecule has 1 saturated carbocycles. The van der Waals surface area contributed by atoms with Crippen LogP contribution in [0.2, 0.25) is 0 Å². The molecule has 13 heteroatoms. The molecular formula is C34H39N7O5S. The molecule has 1 saturated heterocycles. The molecule has 246 valence electrons. The number of aromatic nitrogens is 3. The molecule has 1 aliphatic carbocycles. The summed E-state index contributed by atoms with van der Waals surface area (Å²) >= 11 is 0. The van der Waals surface area contributed by atoms with Gasteiger partial charge in [0.15, 0.2) is 15.5 Å². The van der Waals surface area contributed by atoms with E-state index in [0.29, 0.717) is 49.0 Å². The maximum atomic E-state index is 13.2. The number of aryl methyl sites for hydroxylation is 1. The molecule has 0 atom stereocenters. The lowest BCUT2D eigenvalue weighted by atomic mass is 9.96. The van der Waals surface area contributed by atoms with E-state index in [9.17, 15) is 22.8 Å². The number of piperazine rings is 1. The summed E-state index contributed by atoms with van der Waals surface area (Å²) < 4.78 is 24.9. The fraction of sp³-hybridized carbons (Fsp3) is 0.382. The highest BCUT2D eigenvalue weighted by Crippen LogP contribution is 2.23. The number of carbonyl (C=O) groups excluding carboxylic acids is 2. The van der Waals surface area contributed by atoms with Crippen molar-refractivity contribution in [3.05, 3.63) is 87.8 Å². The minimum atomic E-state index is -3.29. The number of carbonyl (C=O) groups is 2. The lowest BCUT2D eigenvalue weighted by Gasteiger charge is -2.36. The second-order valence-electron chi connectivity index (χ2n) is 12.3. The van der Waals surface area contributed by atoms with Gasteiger partial charge in [-0.25, -0.2) is 18.2 Å². The number of amides is 3. The fourth-order valence-electron chi connectivity index (χ4n) is 6.17. The molecule has 47 heavy (non-hydrogen) atoms. The van der Waals surface area contributed by atoms with Gasteiger partial charge >= 0.3 is 6.03 Å². The zero-order valence-electron chi connectivity index (χ0n) is 26.6. The molecular weight excluding hydrogens is 618 g/mol. The van der Waals surface area contributed by atoms with Crippen molar-refractivity contribution in [3.63, 3.8) is 0 Å². The molecule has 2 aliphatic rings. The van der Waals surface area contributed by atoms with Crippen LogP contribution in [0.3, 0.4) is 0 Å². The van der Waals surface area contributed by atoms with Crippen LogP contribution in [0.5, 0.6) is 0 Å². The number of hydrogen-bond acceptors (Lipinski definition) is 8. The van der Waals surface area contributed by atoms with Crippen molar-refractivity contribution in [2.24, 2.45) is 0 Å². The molecule has 3 amide bonds. The Hall–Kier alpha value is -4.78. The van der Waals surface area contributed by atoms with Gasteiger partial charge in [-0.1, -0.05) is 31.4 Å². The Morgan fingerprint density at radius 2 is 1.55 bits per heavy atom. The van der Waals surface area contributed by atoms with Crippen LogP contribution in [-0.2, 0) is 16.4 Å². The van der Waals surface area contributed by atoms with Crippen LogP contribution in [-0.4, -0.2) is 78.3 Å². The molecule has 0 bridgehead atoms. The first-order valence-corrected chi connectivity index (χ1v) is 17.8. The van der Waals surface area contributed by atoms with Gasteiger partial charge in [0.25, 0.3) is 11.5 Å². The van der Waals surface area contributed by atoms with E-state index in [2.05, 4.69) is 10.6 Å². The summed E-state index contributed by atoms with van der Waals surface area (Å²) in [6, 6.07) is 16.5. The molecule has 6 rings (SSSR count). The van der Waals surface area contributed by atoms with Crippen molar-refractivity contribution >= 4 is 38.8 Å². The first-order chi connectivity index (χ1) is 22.6. The maximum absolute atomic E-state index is 13.2. The van der Waals surface area contributed by atoms with Gasteiger partial charge in [-0.15, -0.1) is 0 Å². The number of anilines is 1. The highest BCUT2D eigenvalue weighted by atomic mass is 32.2. The lowest BCUT2D eigenvalue weighted by molar-refractivity contribution is 0.0951. The van der Waals surface area contributed by atoms with Crippen LogP contribution >= 0.6 is 0 Å². The van der Waals surface area contributed by atoms with Gasteiger partial charge in [-0.2, -0.15) is 4.98 Å². The summed E-state index contributed by atoms with van der Waals surface area (Å²) in [7, 11) is -3.29. The number of rotatable bonds is 7. The van der Waals surface area contributed by atoms with Crippen LogP contribution in [0.15, 0.2) is 70.4 Å². The SMILES string of the molecule is Cc1nc(N2CCN(C(=O)NC3CCCCC3)CC2)nc2c1ccc(=O)n2-c1ccc(C(=O)NCc2ccc(S(C)(=O)=O)cc2)cc1. The Morgan fingerprint density at radius 3 is 2.21 bits per heavy atom. The first kappa shape index (κ1) is 32.2. The molecule has 2 fully saturated rings. The minimum absolute atomic E-state index is 0.0126. The van der Waals surface area contributed by atoms with Crippen LogP contribution in [0.1, 0.15) is 53.7 Å². The zero-order chi connectivity index (χ0) is 33.1. The molecule has 12 nitrogen and oxygen atoms in total. The number of urea groups is 1. The van der Waals surface area contributed by atoms with Crippen molar-refractivity contribution in [3.8, 4) is 5.69 Å². The van der Waals surface area contributed by atoms with E-state index >= 15 is 0 Å². The van der Waals surface area contributed by atoms with Gasteiger partial charge in [-0.05, 0) is 67.8 Å². The third kappa shape index (κ3) is 7.30. The Bertz CT molecular complexity index is 1950. The molecule has 0 unspecified atom stereocenters. The number of nitrogens with one attached hydrogen (secondary N) is 2. The quantitative estimate of drug-likeness (QED) is 0.307. The Balaban J connectivity index is 1.16. The highest BCUT2D eigenvalue weighted by molar-refractivity contribution is 7.90. The lowest BCUT2D eigenvalue weighted by Crippen LogP contribution is -2.54. The Labute approximate surface area is 273 Å². The second-order valence-corrected chi connectivity index (χ2v) is 14.3. The van der Waals surface area contributed by atoms with Gasteiger partial charge in [0.05, 0.1) is 16.3 Å². The summed E-state index contributed by atoms with van der Waals surface area (Å²) in [5.74, 6) is 0.197. The monoisotopic (exact) mass is 657 g/mol. The van der Waals surface area contributed by atoms with E-state index in [4.69, 9.17) is 9.97 Å². The molecule has 4 aromatic rings. The van der Waals surface area contributed by atoms with E-state index in [-0.39, 0.29) is 35.0 Å². The maximum Gasteiger partial charge on any atom is 0.317 e. The van der Waals surface area contributed by atoms with E-state index in [1.165, 1.54) is 29.2 Å². The predicted octanol–water partition coefficient (Wildman–Crippen LogP) is 3.59. The zero-order valence-corrected chi connectivity index (χ0v) is 27.4. The van der Waals surface area contributed by atoms with Crippen LogP contribution in [0.25, 0.3) is 16.7 Å². The van der Waals surface area contributed by atoms with Gasteiger partial charge in [0.2, 0.25) is 5.95 Å². The molecule has 2 aromatic heterocycles. The van der Waals surface area contributed by atoms with Crippen LogP contribution < -0.4 is 21.1 Å². The third-order valence-electron chi connectivity index (χ3n) is 8.90. The van der Waals surface area contributed by atoms with Gasteiger partial charge < -0.3 is 20.4 Å². The normalized spacial score (nSPS) is 15.9. The molecule has 2 N–H and O–H groups in total. The smallest absolute Gasteiger partial charge is 0.317 e. The number of benzene rings is 2. The van der Waals surface area contributed by atoms with Crippen molar-refractivity contribution in [1.29, 1.82) is 0 Å². The first-order valence-electron chi connectivity index (χ1n) is 16.0. The number of fused-ring (bicyclic) bond motifs is 1. The van der Waals surface area contributed by atoms with E-state index in [1.54, 1.807) is 42.5 Å². The largest absolute Gasteiger partial charge is 0.348 e. The average Bonchev–Trinajstić information content (AvgIpc) is 3.07. The standard InChI is InChI=1S/C34H39N7O5S/c1-23-29-16-17-30(42)41(27-12-10-25(11-13-27)32(43)35-22-24-8-14-28(15-9-24)47(2,45)46)31(29)38-33(36-23)39-18-20-40(21-19-39)34(44)37-26-6-4-3-5-7-26/h8-17,26H,3-7,18-22H2,1-2H3,(H,35,43)(H,37,44). The molecule has 1 aliphatic heterocycles. The van der Waals surface area contributed by atoms with E-state index in [1.807, 2.05) is 16.7 Å². The van der Waals surface area contributed by atoms with Gasteiger partial charge in [0.1, 0.15) is 0 Å². The second kappa shape index (κ2) is 13.5. The van der Waals surface area contributed by atoms with E-state index < -0.39 is 9.84 Å². The Morgan fingerprint density at radius 1 is 0.872 bits per heavy atom. The van der Waals surface area contributed by atoms with E-state index in [0.717, 1.165) is 48.6 Å². The topological polar surface area (TPSA) is 147 Å². The molecule has 0 spiro atoms. The van der Waals surface area contributed by atoms with Crippen molar-refractivity contribution in [1.82, 2.24) is 30.1 Å². The van der Waals surface area contributed by atoms with Gasteiger partial charge in [-0.3, -0.25) is 14.2 Å². The summed E-state index contributed by atoms with van der Waals surface area (Å²) in [5.41, 5.74) is 2.66.